The van der Waals surface area contributed by atoms with Gasteiger partial charge in [0, 0.05) is 31.9 Å². The lowest BCUT2D eigenvalue weighted by Crippen LogP contribution is -2.56. The Morgan fingerprint density at radius 2 is 1.82 bits per heavy atom. The van der Waals surface area contributed by atoms with Gasteiger partial charge in [0.25, 0.3) is 5.91 Å². The number of hydrogen-bond acceptors (Lipinski definition) is 4. The van der Waals surface area contributed by atoms with Crippen molar-refractivity contribution in [2.24, 2.45) is 5.73 Å². The van der Waals surface area contributed by atoms with Gasteiger partial charge in [-0.2, -0.15) is 0 Å². The van der Waals surface area contributed by atoms with Crippen LogP contribution < -0.4 is 16.4 Å². The van der Waals surface area contributed by atoms with Crippen molar-refractivity contribution < 1.29 is 14.3 Å². The van der Waals surface area contributed by atoms with E-state index in [1.807, 2.05) is 19.1 Å². The van der Waals surface area contributed by atoms with Gasteiger partial charge in [0.05, 0.1) is 5.54 Å². The second kappa shape index (κ2) is 7.38. The van der Waals surface area contributed by atoms with Crippen LogP contribution in [0.2, 0.25) is 0 Å². The van der Waals surface area contributed by atoms with Crippen molar-refractivity contribution in [3.8, 4) is 0 Å². The molecule has 120 valence electrons. The molecule has 1 aromatic rings. The molecule has 0 spiro atoms. The molecule has 0 aromatic heterocycles. The van der Waals surface area contributed by atoms with Gasteiger partial charge in [0.15, 0.2) is 0 Å². The van der Waals surface area contributed by atoms with E-state index in [1.54, 1.807) is 12.1 Å². The maximum atomic E-state index is 12.2. The fourth-order valence-electron chi connectivity index (χ4n) is 2.36. The summed E-state index contributed by atoms with van der Waals surface area (Å²) in [7, 11) is 0. The number of hydrogen-bond donors (Lipinski definition) is 3. The van der Waals surface area contributed by atoms with Gasteiger partial charge in [-0.05, 0) is 37.5 Å². The number of benzene rings is 1. The molecule has 1 aliphatic heterocycles. The van der Waals surface area contributed by atoms with E-state index in [4.69, 9.17) is 10.5 Å². The summed E-state index contributed by atoms with van der Waals surface area (Å²) in [6.45, 7) is 3.91. The Hall–Kier alpha value is -1.92. The van der Waals surface area contributed by atoms with Crippen LogP contribution in [-0.4, -0.2) is 37.1 Å². The highest BCUT2D eigenvalue weighted by atomic mass is 16.5. The van der Waals surface area contributed by atoms with Crippen LogP contribution in [0.4, 0.5) is 0 Å². The Labute approximate surface area is 130 Å². The SMILES string of the molecule is CCNC(=O)c1ccc(CNC(=O)C2(N)CCOCC2)cc1. The number of carbonyl (C=O) groups excluding carboxylic acids is 2. The molecular weight excluding hydrogens is 282 g/mol. The molecule has 1 saturated heterocycles. The first-order valence-electron chi connectivity index (χ1n) is 7.57. The lowest BCUT2D eigenvalue weighted by Gasteiger charge is -2.31. The average Bonchev–Trinajstić information content (AvgIpc) is 2.54. The van der Waals surface area contributed by atoms with Crippen molar-refractivity contribution in [3.05, 3.63) is 35.4 Å². The van der Waals surface area contributed by atoms with E-state index in [-0.39, 0.29) is 11.8 Å². The zero-order valence-corrected chi connectivity index (χ0v) is 12.9. The van der Waals surface area contributed by atoms with Crippen LogP contribution in [0.25, 0.3) is 0 Å². The second-order valence-electron chi connectivity index (χ2n) is 5.51. The zero-order valence-electron chi connectivity index (χ0n) is 12.9. The van der Waals surface area contributed by atoms with E-state index >= 15 is 0 Å². The lowest BCUT2D eigenvalue weighted by molar-refractivity contribution is -0.129. The summed E-state index contributed by atoms with van der Waals surface area (Å²) < 4.78 is 5.24. The molecule has 6 nitrogen and oxygen atoms in total. The summed E-state index contributed by atoms with van der Waals surface area (Å²) in [6, 6.07) is 7.16. The molecule has 1 fully saturated rings. The highest BCUT2D eigenvalue weighted by Gasteiger charge is 2.35. The van der Waals surface area contributed by atoms with E-state index in [2.05, 4.69) is 10.6 Å². The monoisotopic (exact) mass is 305 g/mol. The van der Waals surface area contributed by atoms with Crippen LogP contribution in [0, 0.1) is 0 Å². The van der Waals surface area contributed by atoms with Crippen molar-refractivity contribution in [1.82, 2.24) is 10.6 Å². The molecule has 2 rings (SSSR count). The molecule has 1 aromatic carbocycles. The maximum Gasteiger partial charge on any atom is 0.251 e. The van der Waals surface area contributed by atoms with Crippen molar-refractivity contribution in [1.29, 1.82) is 0 Å². The van der Waals surface area contributed by atoms with Crippen LogP contribution in [0.5, 0.6) is 0 Å². The Morgan fingerprint density at radius 3 is 2.41 bits per heavy atom. The molecule has 1 heterocycles. The molecule has 0 saturated carbocycles. The van der Waals surface area contributed by atoms with Crippen molar-refractivity contribution >= 4 is 11.8 Å². The Morgan fingerprint density at radius 1 is 1.18 bits per heavy atom. The van der Waals surface area contributed by atoms with Crippen LogP contribution in [0.1, 0.15) is 35.7 Å². The first-order chi connectivity index (χ1) is 10.5. The molecule has 0 bridgehead atoms. The highest BCUT2D eigenvalue weighted by Crippen LogP contribution is 2.18. The fourth-order valence-corrected chi connectivity index (χ4v) is 2.36. The third-order valence-corrected chi connectivity index (χ3v) is 3.84. The Balaban J connectivity index is 1.88. The third-order valence-electron chi connectivity index (χ3n) is 3.84. The van der Waals surface area contributed by atoms with Crippen molar-refractivity contribution in [3.63, 3.8) is 0 Å². The normalized spacial score (nSPS) is 16.8. The minimum absolute atomic E-state index is 0.0961. The third kappa shape index (κ3) is 4.05. The van der Waals surface area contributed by atoms with Gasteiger partial charge in [-0.25, -0.2) is 0 Å². The number of rotatable bonds is 5. The quantitative estimate of drug-likeness (QED) is 0.741. The first kappa shape index (κ1) is 16.5. The van der Waals surface area contributed by atoms with Gasteiger partial charge in [-0.15, -0.1) is 0 Å². The van der Waals surface area contributed by atoms with E-state index in [1.165, 1.54) is 0 Å². The van der Waals surface area contributed by atoms with E-state index in [0.29, 0.717) is 44.7 Å². The molecule has 6 heteroatoms. The number of amides is 2. The molecule has 1 aliphatic rings. The first-order valence-corrected chi connectivity index (χ1v) is 7.57. The molecule has 4 N–H and O–H groups in total. The summed E-state index contributed by atoms with van der Waals surface area (Å²) >= 11 is 0. The van der Waals surface area contributed by atoms with Gasteiger partial charge < -0.3 is 21.1 Å². The van der Waals surface area contributed by atoms with Crippen LogP contribution in [0.3, 0.4) is 0 Å². The average molecular weight is 305 g/mol. The molecule has 0 unspecified atom stereocenters. The molecule has 0 radical (unpaired) electrons. The summed E-state index contributed by atoms with van der Waals surface area (Å²) in [6.07, 6.45) is 1.07. The van der Waals surface area contributed by atoms with Crippen LogP contribution in [-0.2, 0) is 16.1 Å². The highest BCUT2D eigenvalue weighted by molar-refractivity contribution is 5.94. The predicted molar refractivity (Wildman–Crippen MR) is 83.3 cm³/mol. The van der Waals surface area contributed by atoms with E-state index in [0.717, 1.165) is 5.56 Å². The van der Waals surface area contributed by atoms with Gasteiger partial charge >= 0.3 is 0 Å². The van der Waals surface area contributed by atoms with E-state index < -0.39 is 5.54 Å². The Bertz CT molecular complexity index is 522. The number of ether oxygens (including phenoxy) is 1. The predicted octanol–water partition coefficient (Wildman–Crippen LogP) is 0.560. The van der Waals surface area contributed by atoms with Gasteiger partial charge in [-0.1, -0.05) is 12.1 Å². The van der Waals surface area contributed by atoms with Crippen LogP contribution >= 0.6 is 0 Å². The molecule has 2 amide bonds. The smallest absolute Gasteiger partial charge is 0.251 e. The molecule has 0 aliphatic carbocycles. The summed E-state index contributed by atoms with van der Waals surface area (Å²) in [4.78, 5) is 23.9. The topological polar surface area (TPSA) is 93.5 Å². The standard InChI is InChI=1S/C16H23N3O3/c1-2-18-14(20)13-5-3-12(4-6-13)11-19-15(21)16(17)7-9-22-10-8-16/h3-6H,2,7-11,17H2,1H3,(H,18,20)(H,19,21). The molecule has 0 atom stereocenters. The summed E-state index contributed by atoms with van der Waals surface area (Å²) in [5.74, 6) is -0.246. The van der Waals surface area contributed by atoms with Gasteiger partial charge in [-0.3, -0.25) is 9.59 Å². The number of nitrogens with one attached hydrogen (secondary N) is 2. The minimum atomic E-state index is -0.834. The summed E-state index contributed by atoms with van der Waals surface area (Å²) in [5.41, 5.74) is 6.82. The van der Waals surface area contributed by atoms with Crippen molar-refractivity contribution in [2.45, 2.75) is 31.8 Å². The second-order valence-corrected chi connectivity index (χ2v) is 5.51. The number of carbonyl (C=O) groups is 2. The van der Waals surface area contributed by atoms with Gasteiger partial charge in [0.1, 0.15) is 0 Å². The van der Waals surface area contributed by atoms with Crippen LogP contribution in [0.15, 0.2) is 24.3 Å². The van der Waals surface area contributed by atoms with Gasteiger partial charge in [0.2, 0.25) is 5.91 Å². The lowest BCUT2D eigenvalue weighted by atomic mass is 9.90. The molecule has 22 heavy (non-hydrogen) atoms. The Kier molecular flexibility index (Phi) is 5.51. The fraction of sp³-hybridized carbons (Fsp3) is 0.500. The summed E-state index contributed by atoms with van der Waals surface area (Å²) in [5, 5.41) is 5.61. The molecular formula is C16H23N3O3. The minimum Gasteiger partial charge on any atom is -0.381 e. The van der Waals surface area contributed by atoms with Crippen molar-refractivity contribution in [2.75, 3.05) is 19.8 Å². The largest absolute Gasteiger partial charge is 0.381 e. The zero-order chi connectivity index (χ0) is 16.0. The number of nitrogens with two attached hydrogens (primary N) is 1. The van der Waals surface area contributed by atoms with E-state index in [9.17, 15) is 9.59 Å². The maximum absolute atomic E-state index is 12.2.